The molecule has 0 bridgehead atoms. The van der Waals surface area contributed by atoms with Crippen molar-refractivity contribution in [2.75, 3.05) is 13.1 Å². The Bertz CT molecular complexity index is 755. The van der Waals surface area contributed by atoms with E-state index in [1.807, 2.05) is 11.0 Å². The highest BCUT2D eigenvalue weighted by Gasteiger charge is 2.23. The first kappa shape index (κ1) is 19.3. The molecule has 0 N–H and O–H groups in total. The van der Waals surface area contributed by atoms with Crippen molar-refractivity contribution in [3.63, 3.8) is 0 Å². The molecule has 1 aromatic carbocycles. The Balaban J connectivity index is 2.60. The molecule has 0 unspecified atom stereocenters. The number of hydrogen-bond donors (Lipinski definition) is 0. The molecule has 0 saturated heterocycles. The van der Waals surface area contributed by atoms with E-state index in [9.17, 15) is 4.79 Å². The second kappa shape index (κ2) is 8.37. The molecule has 136 valence electrons. The van der Waals surface area contributed by atoms with Crippen molar-refractivity contribution >= 4 is 16.8 Å². The number of aryl methyl sites for hydroxylation is 1. The quantitative estimate of drug-likeness (QED) is 0.581. The molecule has 3 nitrogen and oxygen atoms in total. The van der Waals surface area contributed by atoms with E-state index in [4.69, 9.17) is 0 Å². The first-order valence-corrected chi connectivity index (χ1v) is 9.49. The highest BCUT2D eigenvalue weighted by atomic mass is 16.2. The molecule has 0 aliphatic heterocycles. The minimum atomic E-state index is 0.137. The van der Waals surface area contributed by atoms with E-state index in [0.717, 1.165) is 42.7 Å². The average Bonchev–Trinajstić information content (AvgIpc) is 2.87. The predicted octanol–water partition coefficient (Wildman–Crippen LogP) is 5.52. The first-order chi connectivity index (χ1) is 12.0. The lowest BCUT2D eigenvalue weighted by Crippen LogP contribution is -2.33. The number of fused-ring (bicyclic) bond motifs is 1. The number of amides is 1. The van der Waals surface area contributed by atoms with Crippen molar-refractivity contribution in [1.29, 1.82) is 0 Å². The fourth-order valence-corrected chi connectivity index (χ4v) is 3.40. The molecule has 1 heterocycles. The van der Waals surface area contributed by atoms with Gasteiger partial charge in [-0.1, -0.05) is 39.3 Å². The van der Waals surface area contributed by atoms with Gasteiger partial charge in [0.2, 0.25) is 0 Å². The Morgan fingerprint density at radius 1 is 1.32 bits per heavy atom. The van der Waals surface area contributed by atoms with Gasteiger partial charge in [0.05, 0.1) is 0 Å². The van der Waals surface area contributed by atoms with Gasteiger partial charge < -0.3 is 9.47 Å². The summed E-state index contributed by atoms with van der Waals surface area (Å²) >= 11 is 0. The monoisotopic (exact) mass is 340 g/mol. The Labute approximate surface area is 152 Å². The highest BCUT2D eigenvalue weighted by Crippen LogP contribution is 2.30. The van der Waals surface area contributed by atoms with E-state index < -0.39 is 0 Å². The summed E-state index contributed by atoms with van der Waals surface area (Å²) in [6.45, 7) is 16.8. The molecule has 0 fully saturated rings. The van der Waals surface area contributed by atoms with E-state index in [1.54, 1.807) is 0 Å². The summed E-state index contributed by atoms with van der Waals surface area (Å²) in [6, 6.07) is 6.57. The van der Waals surface area contributed by atoms with Gasteiger partial charge in [0, 0.05) is 30.5 Å². The second-order valence-electron chi connectivity index (χ2n) is 7.04. The maximum Gasteiger partial charge on any atom is 0.270 e. The number of aromatic nitrogens is 1. The standard InChI is InChI=1S/C22H32N2O/c1-7-10-14-23(9-3)22(25)21-17(6)19-15-18(16(4)5)11-12-20(19)24(21)13-8-2/h8,11-12,15-16H,2,7,9-10,13-14H2,1,3-6H3. The number of rotatable bonds is 8. The zero-order valence-electron chi connectivity index (χ0n) is 16.4. The normalized spacial score (nSPS) is 11.3. The summed E-state index contributed by atoms with van der Waals surface area (Å²) in [6.07, 6.45) is 4.00. The van der Waals surface area contributed by atoms with Gasteiger partial charge in [0.25, 0.3) is 5.91 Å². The maximum absolute atomic E-state index is 13.3. The highest BCUT2D eigenvalue weighted by molar-refractivity contribution is 6.01. The van der Waals surface area contributed by atoms with Crippen LogP contribution in [0.4, 0.5) is 0 Å². The number of hydrogen-bond acceptors (Lipinski definition) is 1. The zero-order chi connectivity index (χ0) is 18.6. The van der Waals surface area contributed by atoms with Gasteiger partial charge in [-0.25, -0.2) is 0 Å². The Morgan fingerprint density at radius 3 is 2.60 bits per heavy atom. The number of allylic oxidation sites excluding steroid dienone is 1. The molecule has 1 aromatic heterocycles. The molecule has 0 atom stereocenters. The number of nitrogens with zero attached hydrogens (tertiary/aromatic N) is 2. The van der Waals surface area contributed by atoms with Gasteiger partial charge in [-0.05, 0) is 49.4 Å². The van der Waals surface area contributed by atoms with E-state index in [-0.39, 0.29) is 5.91 Å². The lowest BCUT2D eigenvalue weighted by molar-refractivity contribution is 0.0751. The molecule has 2 aromatic rings. The van der Waals surface area contributed by atoms with Crippen molar-refractivity contribution in [2.24, 2.45) is 0 Å². The fourth-order valence-electron chi connectivity index (χ4n) is 3.40. The Hall–Kier alpha value is -2.03. The van der Waals surface area contributed by atoms with Crippen molar-refractivity contribution in [2.45, 2.75) is 59.9 Å². The molecular weight excluding hydrogens is 308 g/mol. The number of unbranched alkanes of at least 4 members (excludes halogenated alkanes) is 1. The SMILES string of the molecule is C=CCn1c(C(=O)N(CC)CCCC)c(C)c2cc(C(C)C)ccc21. The van der Waals surface area contributed by atoms with Crippen molar-refractivity contribution in [3.8, 4) is 0 Å². The number of carbonyl (C=O) groups is 1. The summed E-state index contributed by atoms with van der Waals surface area (Å²) < 4.78 is 2.12. The van der Waals surface area contributed by atoms with Crippen LogP contribution in [0, 0.1) is 6.92 Å². The van der Waals surface area contributed by atoms with Gasteiger partial charge in [0.15, 0.2) is 0 Å². The summed E-state index contributed by atoms with van der Waals surface area (Å²) in [5, 5.41) is 1.18. The molecule has 2 rings (SSSR count). The molecule has 0 saturated carbocycles. The van der Waals surface area contributed by atoms with Crippen LogP contribution in [0.2, 0.25) is 0 Å². The van der Waals surface area contributed by atoms with Crippen molar-refractivity contribution < 1.29 is 4.79 Å². The maximum atomic E-state index is 13.3. The van der Waals surface area contributed by atoms with Crippen molar-refractivity contribution in [1.82, 2.24) is 9.47 Å². The van der Waals surface area contributed by atoms with Crippen LogP contribution in [-0.2, 0) is 6.54 Å². The van der Waals surface area contributed by atoms with Crippen LogP contribution in [0.5, 0.6) is 0 Å². The molecule has 0 aliphatic rings. The van der Waals surface area contributed by atoms with Crippen molar-refractivity contribution in [3.05, 3.63) is 47.7 Å². The largest absolute Gasteiger partial charge is 0.338 e. The van der Waals surface area contributed by atoms with Gasteiger partial charge in [-0.2, -0.15) is 0 Å². The number of benzene rings is 1. The third kappa shape index (κ3) is 3.81. The molecule has 0 spiro atoms. The van der Waals surface area contributed by atoms with Gasteiger partial charge in [0.1, 0.15) is 5.69 Å². The topological polar surface area (TPSA) is 25.2 Å². The van der Waals surface area contributed by atoms with Crippen LogP contribution in [0.25, 0.3) is 10.9 Å². The average molecular weight is 341 g/mol. The molecule has 1 amide bonds. The molecule has 25 heavy (non-hydrogen) atoms. The van der Waals surface area contributed by atoms with Crippen LogP contribution < -0.4 is 0 Å². The van der Waals surface area contributed by atoms with Crippen LogP contribution in [0.3, 0.4) is 0 Å². The van der Waals surface area contributed by atoms with Gasteiger partial charge >= 0.3 is 0 Å². The lowest BCUT2D eigenvalue weighted by Gasteiger charge is -2.22. The summed E-state index contributed by atoms with van der Waals surface area (Å²) in [5.74, 6) is 0.611. The summed E-state index contributed by atoms with van der Waals surface area (Å²) in [4.78, 5) is 15.2. The Kier molecular flexibility index (Phi) is 6.46. The second-order valence-corrected chi connectivity index (χ2v) is 7.04. The number of carbonyl (C=O) groups excluding carboxylic acids is 1. The van der Waals surface area contributed by atoms with Crippen LogP contribution >= 0.6 is 0 Å². The zero-order valence-corrected chi connectivity index (χ0v) is 16.4. The fraction of sp³-hybridized carbons (Fsp3) is 0.500. The predicted molar refractivity (Wildman–Crippen MR) is 107 cm³/mol. The van der Waals surface area contributed by atoms with E-state index in [2.05, 4.69) is 64.0 Å². The molecule has 0 aliphatic carbocycles. The summed E-state index contributed by atoms with van der Waals surface area (Å²) in [5.41, 5.74) is 4.33. The van der Waals surface area contributed by atoms with Gasteiger partial charge in [-0.3, -0.25) is 4.79 Å². The third-order valence-electron chi connectivity index (χ3n) is 4.97. The lowest BCUT2D eigenvalue weighted by atomic mass is 10.0. The first-order valence-electron chi connectivity index (χ1n) is 9.49. The molecular formula is C22H32N2O. The van der Waals surface area contributed by atoms with Crippen LogP contribution in [0.1, 0.15) is 68.1 Å². The van der Waals surface area contributed by atoms with E-state index >= 15 is 0 Å². The molecule has 0 radical (unpaired) electrons. The molecule has 3 heteroatoms. The summed E-state index contributed by atoms with van der Waals surface area (Å²) in [7, 11) is 0. The third-order valence-corrected chi connectivity index (χ3v) is 4.97. The smallest absolute Gasteiger partial charge is 0.270 e. The Morgan fingerprint density at radius 2 is 2.04 bits per heavy atom. The van der Waals surface area contributed by atoms with Crippen LogP contribution in [-0.4, -0.2) is 28.5 Å². The van der Waals surface area contributed by atoms with Gasteiger partial charge in [-0.15, -0.1) is 6.58 Å². The van der Waals surface area contributed by atoms with E-state index in [1.165, 1.54) is 10.9 Å². The minimum absolute atomic E-state index is 0.137. The van der Waals surface area contributed by atoms with E-state index in [0.29, 0.717) is 12.5 Å². The van der Waals surface area contributed by atoms with Crippen LogP contribution in [0.15, 0.2) is 30.9 Å². The minimum Gasteiger partial charge on any atom is -0.338 e.